The molecule has 1 aromatic carbocycles. The average Bonchev–Trinajstić information content (AvgIpc) is 2.41. The number of unbranched alkanes of at least 4 members (excludes halogenated alkanes) is 2. The first-order valence-electron chi connectivity index (χ1n) is 7.24. The molecule has 0 spiro atoms. The molecule has 0 radical (unpaired) electrons. The van der Waals surface area contributed by atoms with Gasteiger partial charge in [-0.1, -0.05) is 62.4 Å². The van der Waals surface area contributed by atoms with Crippen LogP contribution in [0, 0.1) is 5.92 Å². The monoisotopic (exact) mass is 262 g/mol. The molecule has 0 nitrogen and oxygen atoms in total. The fourth-order valence-electron chi connectivity index (χ4n) is 2.76. The van der Waals surface area contributed by atoms with Crippen LogP contribution in [0.1, 0.15) is 57.4 Å². The first-order valence-corrected chi connectivity index (χ1v) is 7.62. The molecule has 2 rings (SSSR count). The Labute approximate surface area is 116 Å². The van der Waals surface area contributed by atoms with E-state index >= 15 is 0 Å². The Morgan fingerprint density at radius 3 is 2.56 bits per heavy atom. The van der Waals surface area contributed by atoms with Gasteiger partial charge < -0.3 is 0 Å². The maximum atomic E-state index is 5.93. The summed E-state index contributed by atoms with van der Waals surface area (Å²) in [7, 11) is 0. The molecule has 18 heavy (non-hydrogen) atoms. The number of hydrogen-bond donors (Lipinski definition) is 0. The van der Waals surface area contributed by atoms with Gasteiger partial charge in [0.25, 0.3) is 0 Å². The summed E-state index contributed by atoms with van der Waals surface area (Å²) in [4.78, 5) is 0. The minimum atomic E-state index is 0.826. The summed E-state index contributed by atoms with van der Waals surface area (Å²) in [6.07, 6.45) is 11.9. The molecule has 0 aliphatic heterocycles. The Kier molecular flexibility index (Phi) is 5.31. The van der Waals surface area contributed by atoms with Crippen molar-refractivity contribution in [3.05, 3.63) is 40.9 Å². The number of rotatable bonds is 5. The quantitative estimate of drug-likeness (QED) is 0.562. The van der Waals surface area contributed by atoms with E-state index in [0.29, 0.717) is 0 Å². The van der Waals surface area contributed by atoms with Gasteiger partial charge in [-0.15, -0.1) is 0 Å². The van der Waals surface area contributed by atoms with Crippen molar-refractivity contribution in [2.24, 2.45) is 5.92 Å². The van der Waals surface area contributed by atoms with Crippen molar-refractivity contribution in [1.82, 2.24) is 0 Å². The number of halogens is 1. The normalized spacial score (nSPS) is 19.7. The number of benzene rings is 1. The molecule has 0 amide bonds. The second-order valence-corrected chi connectivity index (χ2v) is 5.81. The average molecular weight is 263 g/mol. The van der Waals surface area contributed by atoms with Crippen LogP contribution in [0.4, 0.5) is 0 Å². The van der Waals surface area contributed by atoms with Crippen molar-refractivity contribution in [2.75, 3.05) is 0 Å². The van der Waals surface area contributed by atoms with E-state index in [0.717, 1.165) is 10.9 Å². The number of hydrogen-bond acceptors (Lipinski definition) is 0. The summed E-state index contributed by atoms with van der Waals surface area (Å²) in [5.74, 6) is 0.924. The van der Waals surface area contributed by atoms with Crippen LogP contribution < -0.4 is 0 Å². The molecular formula is C17H23Cl. The van der Waals surface area contributed by atoms with Crippen molar-refractivity contribution >= 4 is 17.2 Å². The molecule has 1 unspecified atom stereocenters. The van der Waals surface area contributed by atoms with Crippen molar-refractivity contribution < 1.29 is 0 Å². The van der Waals surface area contributed by atoms with Crippen LogP contribution in [-0.4, -0.2) is 0 Å². The van der Waals surface area contributed by atoms with Crippen LogP contribution >= 0.6 is 11.6 Å². The van der Waals surface area contributed by atoms with E-state index in [1.165, 1.54) is 56.1 Å². The maximum absolute atomic E-state index is 5.93. The van der Waals surface area contributed by atoms with Gasteiger partial charge in [-0.3, -0.25) is 0 Å². The molecule has 0 bridgehead atoms. The van der Waals surface area contributed by atoms with E-state index in [4.69, 9.17) is 11.6 Å². The topological polar surface area (TPSA) is 0 Å². The van der Waals surface area contributed by atoms with Crippen molar-refractivity contribution in [3.63, 3.8) is 0 Å². The SMILES string of the molecule is CCCCCC1CC=C(c2ccc(Cl)cc2)CC1. The summed E-state index contributed by atoms with van der Waals surface area (Å²) >= 11 is 5.93. The fourth-order valence-corrected chi connectivity index (χ4v) is 2.89. The fraction of sp³-hybridized carbons (Fsp3) is 0.529. The molecule has 0 fully saturated rings. The lowest BCUT2D eigenvalue weighted by Crippen LogP contribution is -2.05. The predicted molar refractivity (Wildman–Crippen MR) is 80.9 cm³/mol. The lowest BCUT2D eigenvalue weighted by Gasteiger charge is -2.22. The van der Waals surface area contributed by atoms with Gasteiger partial charge in [-0.05, 0) is 48.4 Å². The van der Waals surface area contributed by atoms with Gasteiger partial charge in [-0.25, -0.2) is 0 Å². The molecule has 1 aliphatic rings. The van der Waals surface area contributed by atoms with E-state index < -0.39 is 0 Å². The van der Waals surface area contributed by atoms with Crippen LogP contribution in [-0.2, 0) is 0 Å². The van der Waals surface area contributed by atoms with Gasteiger partial charge in [0.1, 0.15) is 0 Å². The molecule has 0 heterocycles. The molecule has 0 aromatic heterocycles. The second-order valence-electron chi connectivity index (χ2n) is 5.37. The third-order valence-electron chi connectivity index (χ3n) is 3.95. The van der Waals surface area contributed by atoms with E-state index in [9.17, 15) is 0 Å². The zero-order chi connectivity index (χ0) is 12.8. The molecule has 98 valence electrons. The number of allylic oxidation sites excluding steroid dienone is 2. The molecular weight excluding hydrogens is 240 g/mol. The van der Waals surface area contributed by atoms with Crippen LogP contribution in [0.15, 0.2) is 30.3 Å². The van der Waals surface area contributed by atoms with Crippen LogP contribution in [0.3, 0.4) is 0 Å². The van der Waals surface area contributed by atoms with Gasteiger partial charge in [0.05, 0.1) is 0 Å². The van der Waals surface area contributed by atoms with Gasteiger partial charge in [0.2, 0.25) is 0 Å². The Bertz CT molecular complexity index is 389. The molecule has 0 saturated carbocycles. The second kappa shape index (κ2) is 6.99. The van der Waals surface area contributed by atoms with Gasteiger partial charge >= 0.3 is 0 Å². The lowest BCUT2D eigenvalue weighted by molar-refractivity contribution is 0.428. The zero-order valence-corrected chi connectivity index (χ0v) is 12.0. The van der Waals surface area contributed by atoms with E-state index in [1.807, 2.05) is 12.1 Å². The van der Waals surface area contributed by atoms with Crippen molar-refractivity contribution in [3.8, 4) is 0 Å². The minimum absolute atomic E-state index is 0.826. The van der Waals surface area contributed by atoms with E-state index in [2.05, 4.69) is 25.1 Å². The highest BCUT2D eigenvalue weighted by Crippen LogP contribution is 2.33. The summed E-state index contributed by atoms with van der Waals surface area (Å²) < 4.78 is 0. The van der Waals surface area contributed by atoms with Gasteiger partial charge in [0, 0.05) is 5.02 Å². The Hall–Kier alpha value is -0.750. The predicted octanol–water partition coefficient (Wildman–Crippen LogP) is 6.10. The van der Waals surface area contributed by atoms with Gasteiger partial charge in [0.15, 0.2) is 0 Å². The summed E-state index contributed by atoms with van der Waals surface area (Å²) in [6, 6.07) is 8.27. The highest BCUT2D eigenvalue weighted by Gasteiger charge is 2.14. The Balaban J connectivity index is 1.88. The standard InChI is InChI=1S/C17H23Cl/c1-2-3-4-5-14-6-8-15(9-7-14)16-10-12-17(18)13-11-16/h8,10-14H,2-7,9H2,1H3. The summed E-state index contributed by atoms with van der Waals surface area (Å²) in [6.45, 7) is 2.28. The third-order valence-corrected chi connectivity index (χ3v) is 4.20. The molecule has 0 N–H and O–H groups in total. The van der Waals surface area contributed by atoms with E-state index in [1.54, 1.807) is 0 Å². The summed E-state index contributed by atoms with van der Waals surface area (Å²) in [5.41, 5.74) is 2.87. The first kappa shape index (κ1) is 13.7. The van der Waals surface area contributed by atoms with Crippen LogP contribution in [0.25, 0.3) is 5.57 Å². The highest BCUT2D eigenvalue weighted by molar-refractivity contribution is 6.30. The smallest absolute Gasteiger partial charge is 0.0406 e. The minimum Gasteiger partial charge on any atom is -0.0843 e. The van der Waals surface area contributed by atoms with Crippen LogP contribution in [0.2, 0.25) is 5.02 Å². The molecule has 1 atom stereocenters. The van der Waals surface area contributed by atoms with Gasteiger partial charge in [-0.2, -0.15) is 0 Å². The molecule has 1 aromatic rings. The molecule has 1 aliphatic carbocycles. The van der Waals surface area contributed by atoms with Crippen LogP contribution in [0.5, 0.6) is 0 Å². The lowest BCUT2D eigenvalue weighted by atomic mass is 9.84. The highest BCUT2D eigenvalue weighted by atomic mass is 35.5. The Morgan fingerprint density at radius 1 is 1.17 bits per heavy atom. The third kappa shape index (κ3) is 3.88. The first-order chi connectivity index (χ1) is 8.79. The van der Waals surface area contributed by atoms with Crippen molar-refractivity contribution in [2.45, 2.75) is 51.9 Å². The molecule has 1 heteroatoms. The van der Waals surface area contributed by atoms with Crippen molar-refractivity contribution in [1.29, 1.82) is 0 Å². The largest absolute Gasteiger partial charge is 0.0843 e. The summed E-state index contributed by atoms with van der Waals surface area (Å²) in [5, 5.41) is 0.826. The Morgan fingerprint density at radius 2 is 1.94 bits per heavy atom. The van der Waals surface area contributed by atoms with E-state index in [-0.39, 0.29) is 0 Å². The maximum Gasteiger partial charge on any atom is 0.0406 e. The zero-order valence-electron chi connectivity index (χ0n) is 11.3. The molecule has 0 saturated heterocycles.